The molecule has 0 radical (unpaired) electrons. The quantitative estimate of drug-likeness (QED) is 0.279. The molecule has 10 heteroatoms. The zero-order chi connectivity index (χ0) is 28.3. The lowest BCUT2D eigenvalue weighted by atomic mass is 10.1. The van der Waals surface area contributed by atoms with E-state index in [1.807, 2.05) is 47.4 Å². The highest BCUT2D eigenvalue weighted by atomic mass is 19.1. The van der Waals surface area contributed by atoms with Crippen molar-refractivity contribution in [1.29, 1.82) is 0 Å². The maximum absolute atomic E-state index is 15.6. The molecule has 208 valence electrons. The smallest absolute Gasteiger partial charge is 0.343 e. The molecule has 1 aliphatic heterocycles. The number of benzene rings is 3. The first kappa shape index (κ1) is 26.2. The third kappa shape index (κ3) is 5.28. The van der Waals surface area contributed by atoms with Crippen molar-refractivity contribution in [3.63, 3.8) is 0 Å². The van der Waals surface area contributed by atoms with E-state index in [0.717, 1.165) is 24.3 Å². The average molecular weight is 553 g/mol. The van der Waals surface area contributed by atoms with E-state index in [-0.39, 0.29) is 17.6 Å². The summed E-state index contributed by atoms with van der Waals surface area (Å²) in [6, 6.07) is 20.7. The number of ether oxygens (including phenoxy) is 1. The van der Waals surface area contributed by atoms with Crippen LogP contribution in [0.25, 0.3) is 16.6 Å². The molecular formula is C31H29FN6O3. The SMILES string of the molecule is CCOC(=O)c1cn(-c2ccc(Cn3nccn3)cc2)c2cc(N3CCN(c4ccccc4)CC3)c(F)cc2c1=O. The van der Waals surface area contributed by atoms with Crippen LogP contribution in [-0.4, -0.2) is 58.3 Å². The number of carbonyl (C=O) groups is 1. The van der Waals surface area contributed by atoms with Crippen molar-refractivity contribution in [2.24, 2.45) is 0 Å². The highest BCUT2D eigenvalue weighted by Gasteiger charge is 2.23. The van der Waals surface area contributed by atoms with Crippen LogP contribution in [0.4, 0.5) is 15.8 Å². The average Bonchev–Trinajstić information content (AvgIpc) is 3.52. The van der Waals surface area contributed by atoms with Gasteiger partial charge in [0, 0.05) is 49.1 Å². The largest absolute Gasteiger partial charge is 0.462 e. The molecule has 6 rings (SSSR count). The number of rotatable bonds is 7. The second-order valence-corrected chi connectivity index (χ2v) is 9.82. The van der Waals surface area contributed by atoms with Gasteiger partial charge in [-0.15, -0.1) is 0 Å². The van der Waals surface area contributed by atoms with E-state index in [1.54, 1.807) is 34.7 Å². The number of hydrogen-bond donors (Lipinski definition) is 0. The predicted octanol–water partition coefficient (Wildman–Crippen LogP) is 4.27. The molecule has 0 bridgehead atoms. The summed E-state index contributed by atoms with van der Waals surface area (Å²) < 4.78 is 22.5. The van der Waals surface area contributed by atoms with Crippen molar-refractivity contribution in [3.8, 4) is 5.69 Å². The van der Waals surface area contributed by atoms with Crippen LogP contribution in [-0.2, 0) is 11.3 Å². The first-order valence-corrected chi connectivity index (χ1v) is 13.6. The Morgan fingerprint density at radius 1 is 0.902 bits per heavy atom. The van der Waals surface area contributed by atoms with Gasteiger partial charge in [0.05, 0.1) is 36.7 Å². The van der Waals surface area contributed by atoms with Gasteiger partial charge in [0.2, 0.25) is 5.43 Å². The van der Waals surface area contributed by atoms with Crippen molar-refractivity contribution in [1.82, 2.24) is 19.6 Å². The highest BCUT2D eigenvalue weighted by molar-refractivity contribution is 5.95. The minimum Gasteiger partial charge on any atom is -0.462 e. The number of pyridine rings is 1. The Balaban J connectivity index is 1.39. The predicted molar refractivity (Wildman–Crippen MR) is 155 cm³/mol. The summed E-state index contributed by atoms with van der Waals surface area (Å²) in [6.07, 6.45) is 4.73. The zero-order valence-electron chi connectivity index (χ0n) is 22.6. The monoisotopic (exact) mass is 552 g/mol. The fourth-order valence-electron chi connectivity index (χ4n) is 5.24. The maximum Gasteiger partial charge on any atom is 0.343 e. The van der Waals surface area contributed by atoms with Crippen molar-refractivity contribution >= 4 is 28.2 Å². The van der Waals surface area contributed by atoms with Gasteiger partial charge in [0.1, 0.15) is 11.4 Å². The van der Waals surface area contributed by atoms with Crippen molar-refractivity contribution in [2.45, 2.75) is 13.5 Å². The maximum atomic E-state index is 15.6. The Morgan fingerprint density at radius 3 is 2.27 bits per heavy atom. The number of anilines is 2. The number of fused-ring (bicyclic) bond motifs is 1. The van der Waals surface area contributed by atoms with E-state index < -0.39 is 17.2 Å². The number of nitrogens with zero attached hydrogens (tertiary/aromatic N) is 6. The summed E-state index contributed by atoms with van der Waals surface area (Å²) >= 11 is 0. The summed E-state index contributed by atoms with van der Waals surface area (Å²) in [6.45, 7) is 5.02. The van der Waals surface area contributed by atoms with Gasteiger partial charge >= 0.3 is 5.97 Å². The molecule has 0 N–H and O–H groups in total. The van der Waals surface area contributed by atoms with Crippen LogP contribution in [0.5, 0.6) is 0 Å². The van der Waals surface area contributed by atoms with Gasteiger partial charge in [-0.05, 0) is 48.9 Å². The minimum absolute atomic E-state index is 0.115. The van der Waals surface area contributed by atoms with Gasteiger partial charge in [0.25, 0.3) is 0 Å². The van der Waals surface area contributed by atoms with Gasteiger partial charge in [-0.1, -0.05) is 30.3 Å². The molecule has 1 aliphatic rings. The molecule has 0 atom stereocenters. The van der Waals surface area contributed by atoms with Crippen LogP contribution in [0.1, 0.15) is 22.8 Å². The number of piperazine rings is 1. The normalized spacial score (nSPS) is 13.5. The summed E-state index contributed by atoms with van der Waals surface area (Å²) in [4.78, 5) is 32.0. The van der Waals surface area contributed by atoms with Crippen molar-refractivity contribution in [3.05, 3.63) is 112 Å². The first-order chi connectivity index (χ1) is 20.0. The number of para-hydroxylation sites is 1. The third-order valence-corrected chi connectivity index (χ3v) is 7.31. The first-order valence-electron chi connectivity index (χ1n) is 13.6. The van der Waals surface area contributed by atoms with Crippen LogP contribution in [0.15, 0.2) is 90.1 Å². The second-order valence-electron chi connectivity index (χ2n) is 9.82. The van der Waals surface area contributed by atoms with Crippen LogP contribution in [0.2, 0.25) is 0 Å². The zero-order valence-corrected chi connectivity index (χ0v) is 22.6. The minimum atomic E-state index is -0.740. The summed E-state index contributed by atoms with van der Waals surface area (Å²) in [7, 11) is 0. The molecule has 3 aromatic carbocycles. The molecule has 5 aromatic rings. The van der Waals surface area contributed by atoms with Crippen LogP contribution in [0, 0.1) is 5.82 Å². The summed E-state index contributed by atoms with van der Waals surface area (Å²) in [5.74, 6) is -1.24. The van der Waals surface area contributed by atoms with Crippen LogP contribution in [0.3, 0.4) is 0 Å². The molecule has 0 spiro atoms. The number of aromatic nitrogens is 4. The van der Waals surface area contributed by atoms with Gasteiger partial charge < -0.3 is 19.1 Å². The number of carbonyl (C=O) groups excluding carboxylic acids is 1. The van der Waals surface area contributed by atoms with Gasteiger partial charge in [-0.25, -0.2) is 9.18 Å². The third-order valence-electron chi connectivity index (χ3n) is 7.31. The van der Waals surface area contributed by atoms with E-state index in [2.05, 4.69) is 27.2 Å². The van der Waals surface area contributed by atoms with E-state index in [4.69, 9.17) is 4.74 Å². The molecule has 41 heavy (non-hydrogen) atoms. The molecule has 2 aromatic heterocycles. The van der Waals surface area contributed by atoms with Crippen molar-refractivity contribution in [2.75, 3.05) is 42.6 Å². The molecule has 0 unspecified atom stereocenters. The topological polar surface area (TPSA) is 85.5 Å². The lowest BCUT2D eigenvalue weighted by Crippen LogP contribution is -2.46. The van der Waals surface area contributed by atoms with E-state index in [0.29, 0.717) is 36.5 Å². The standard InChI is InChI=1S/C31H29FN6O3/c1-2-41-31(40)26-21-37(24-10-8-22(9-11-24)20-38-33-12-13-34-38)28-19-29(27(32)18-25(28)30(26)39)36-16-14-35(15-17-36)23-6-4-3-5-7-23/h3-13,18-19,21H,2,14-17,20H2,1H3. The van der Waals surface area contributed by atoms with E-state index >= 15 is 4.39 Å². The molecule has 0 saturated carbocycles. The molecular weight excluding hydrogens is 523 g/mol. The van der Waals surface area contributed by atoms with Gasteiger partial charge in [0.15, 0.2) is 0 Å². The Hall–Kier alpha value is -4.99. The van der Waals surface area contributed by atoms with Gasteiger partial charge in [-0.2, -0.15) is 15.0 Å². The lowest BCUT2D eigenvalue weighted by molar-refractivity contribution is 0.0524. The fourth-order valence-corrected chi connectivity index (χ4v) is 5.24. The van der Waals surface area contributed by atoms with Crippen LogP contribution >= 0.6 is 0 Å². The number of hydrogen-bond acceptors (Lipinski definition) is 7. The Morgan fingerprint density at radius 2 is 1.59 bits per heavy atom. The molecule has 1 saturated heterocycles. The summed E-state index contributed by atoms with van der Waals surface area (Å²) in [5.41, 5.74) is 3.05. The fraction of sp³-hybridized carbons (Fsp3) is 0.226. The number of esters is 1. The molecule has 1 fully saturated rings. The van der Waals surface area contributed by atoms with Crippen molar-refractivity contribution < 1.29 is 13.9 Å². The molecule has 0 amide bonds. The lowest BCUT2D eigenvalue weighted by Gasteiger charge is -2.37. The number of halogens is 1. The highest BCUT2D eigenvalue weighted by Crippen LogP contribution is 2.29. The van der Waals surface area contributed by atoms with E-state index in [9.17, 15) is 9.59 Å². The molecule has 3 heterocycles. The summed E-state index contributed by atoms with van der Waals surface area (Å²) in [5, 5.41) is 8.41. The van der Waals surface area contributed by atoms with E-state index in [1.165, 1.54) is 12.3 Å². The van der Waals surface area contributed by atoms with Crippen LogP contribution < -0.4 is 15.2 Å². The Labute approximate surface area is 236 Å². The molecule has 0 aliphatic carbocycles. The second kappa shape index (κ2) is 11.2. The Kier molecular flexibility index (Phi) is 7.20. The Bertz CT molecular complexity index is 1730. The molecule has 9 nitrogen and oxygen atoms in total. The van der Waals surface area contributed by atoms with Gasteiger partial charge in [-0.3, -0.25) is 4.79 Å².